The van der Waals surface area contributed by atoms with Gasteiger partial charge in [-0.3, -0.25) is 4.79 Å². The molecule has 3 rings (SSSR count). The number of anilines is 2. The summed E-state index contributed by atoms with van der Waals surface area (Å²) in [7, 11) is -0.571. The number of hydrogen-bond donors (Lipinski definition) is 0. The van der Waals surface area contributed by atoms with Crippen LogP contribution in [-0.4, -0.2) is 51.5 Å². The van der Waals surface area contributed by atoms with E-state index in [0.717, 1.165) is 34.2 Å². The number of aryl methyl sites for hydroxylation is 1. The molecule has 8 heteroatoms. The lowest BCUT2D eigenvalue weighted by molar-refractivity contribution is -0.114. The molecule has 0 aliphatic carbocycles. The zero-order valence-corrected chi connectivity index (χ0v) is 20.3. The molecule has 0 bridgehead atoms. The highest BCUT2D eigenvalue weighted by Gasteiger charge is 2.29. The number of amides is 1. The molecule has 1 aliphatic heterocycles. The standard InChI is InChI=1S/C24H30N4O3S/c1-7-27(8-2)21-10-9-19(17(3)15-21)16-23-18(4)25-28(24(23)29)20-11-13-22(14-12-20)32(30,31)26(5)6/h9-16H,7-8H2,1-6H3/b23-16-. The zero-order chi connectivity index (χ0) is 23.6. The van der Waals surface area contributed by atoms with Crippen molar-refractivity contribution in [2.45, 2.75) is 32.6 Å². The summed E-state index contributed by atoms with van der Waals surface area (Å²) >= 11 is 0. The summed E-state index contributed by atoms with van der Waals surface area (Å²) in [6, 6.07) is 12.4. The second-order valence-corrected chi connectivity index (χ2v) is 10.0. The maximum atomic E-state index is 13.1. The summed E-state index contributed by atoms with van der Waals surface area (Å²) in [5.41, 5.74) is 4.87. The third-order valence-corrected chi connectivity index (χ3v) is 7.43. The molecule has 2 aromatic rings. The van der Waals surface area contributed by atoms with Crippen LogP contribution in [0.1, 0.15) is 31.9 Å². The molecule has 1 heterocycles. The number of carbonyl (C=O) groups is 1. The highest BCUT2D eigenvalue weighted by molar-refractivity contribution is 7.89. The molecule has 0 atom stereocenters. The molecule has 0 unspecified atom stereocenters. The molecular weight excluding hydrogens is 424 g/mol. The lowest BCUT2D eigenvalue weighted by Gasteiger charge is -2.22. The zero-order valence-electron chi connectivity index (χ0n) is 19.5. The minimum absolute atomic E-state index is 0.165. The van der Waals surface area contributed by atoms with Crippen molar-refractivity contribution in [3.63, 3.8) is 0 Å². The van der Waals surface area contributed by atoms with Gasteiger partial charge < -0.3 is 4.90 Å². The maximum absolute atomic E-state index is 13.1. The van der Waals surface area contributed by atoms with Crippen molar-refractivity contribution < 1.29 is 13.2 Å². The molecule has 0 aromatic heterocycles. The van der Waals surface area contributed by atoms with Gasteiger partial charge in [0.05, 0.1) is 21.9 Å². The maximum Gasteiger partial charge on any atom is 0.280 e. The molecular formula is C24H30N4O3S. The molecule has 0 radical (unpaired) electrons. The number of rotatable bonds is 7. The quantitative estimate of drug-likeness (QED) is 0.595. The average Bonchev–Trinajstić information content (AvgIpc) is 3.04. The van der Waals surface area contributed by atoms with Crippen molar-refractivity contribution in [1.82, 2.24) is 4.31 Å². The molecule has 0 N–H and O–H groups in total. The first-order valence-electron chi connectivity index (χ1n) is 10.6. The van der Waals surface area contributed by atoms with E-state index in [2.05, 4.69) is 36.0 Å². The van der Waals surface area contributed by atoms with Crippen LogP contribution in [0.15, 0.2) is 58.0 Å². The Balaban J connectivity index is 1.88. The van der Waals surface area contributed by atoms with Gasteiger partial charge in [0.2, 0.25) is 10.0 Å². The van der Waals surface area contributed by atoms with Gasteiger partial charge in [-0.05, 0) is 81.3 Å². The Morgan fingerprint density at radius 2 is 1.62 bits per heavy atom. The average molecular weight is 455 g/mol. The Morgan fingerprint density at radius 1 is 1.00 bits per heavy atom. The number of hydrazone groups is 1. The molecule has 0 spiro atoms. The van der Waals surface area contributed by atoms with Crippen LogP contribution < -0.4 is 9.91 Å². The topological polar surface area (TPSA) is 73.3 Å². The van der Waals surface area contributed by atoms with Crippen molar-refractivity contribution in [1.29, 1.82) is 0 Å². The van der Waals surface area contributed by atoms with Crippen molar-refractivity contribution in [3.8, 4) is 0 Å². The summed E-state index contributed by atoms with van der Waals surface area (Å²) in [4.78, 5) is 15.5. The van der Waals surface area contributed by atoms with Crippen molar-refractivity contribution in [2.75, 3.05) is 37.1 Å². The molecule has 1 aliphatic rings. The van der Waals surface area contributed by atoms with E-state index in [1.807, 2.05) is 19.1 Å². The van der Waals surface area contributed by atoms with Crippen LogP contribution in [0, 0.1) is 6.92 Å². The lowest BCUT2D eigenvalue weighted by atomic mass is 10.0. The van der Waals surface area contributed by atoms with Crippen molar-refractivity contribution in [2.24, 2.45) is 5.10 Å². The molecule has 2 aromatic carbocycles. The highest BCUT2D eigenvalue weighted by Crippen LogP contribution is 2.28. The Morgan fingerprint density at radius 3 is 2.16 bits per heavy atom. The highest BCUT2D eigenvalue weighted by atomic mass is 32.2. The monoisotopic (exact) mass is 454 g/mol. The van der Waals surface area contributed by atoms with E-state index >= 15 is 0 Å². The van der Waals surface area contributed by atoms with E-state index < -0.39 is 10.0 Å². The van der Waals surface area contributed by atoms with Crippen LogP contribution in [0.5, 0.6) is 0 Å². The number of nitrogens with zero attached hydrogens (tertiary/aromatic N) is 4. The fraction of sp³-hybridized carbons (Fsp3) is 0.333. The summed E-state index contributed by atoms with van der Waals surface area (Å²) in [5.74, 6) is -0.238. The summed E-state index contributed by atoms with van der Waals surface area (Å²) < 4.78 is 25.7. The molecule has 32 heavy (non-hydrogen) atoms. The van der Waals surface area contributed by atoms with Gasteiger partial charge in [0, 0.05) is 32.9 Å². The number of carbonyl (C=O) groups excluding carboxylic acids is 1. The summed E-state index contributed by atoms with van der Waals surface area (Å²) in [5, 5.41) is 5.72. The lowest BCUT2D eigenvalue weighted by Crippen LogP contribution is -2.23. The van der Waals surface area contributed by atoms with Gasteiger partial charge in [0.15, 0.2) is 0 Å². The molecule has 0 saturated heterocycles. The van der Waals surface area contributed by atoms with E-state index in [0.29, 0.717) is 17.0 Å². The van der Waals surface area contributed by atoms with Gasteiger partial charge in [-0.1, -0.05) is 6.07 Å². The Bertz CT molecular complexity index is 1180. The van der Waals surface area contributed by atoms with Crippen LogP contribution in [0.3, 0.4) is 0 Å². The number of sulfonamides is 1. The fourth-order valence-corrected chi connectivity index (χ4v) is 4.49. The Hall–Kier alpha value is -2.97. The minimum Gasteiger partial charge on any atom is -0.372 e. The van der Waals surface area contributed by atoms with E-state index in [-0.39, 0.29) is 10.8 Å². The predicted octanol–water partition coefficient (Wildman–Crippen LogP) is 3.90. The van der Waals surface area contributed by atoms with Crippen LogP contribution in [0.2, 0.25) is 0 Å². The molecule has 0 fully saturated rings. The van der Waals surface area contributed by atoms with Crippen LogP contribution in [-0.2, 0) is 14.8 Å². The van der Waals surface area contributed by atoms with E-state index in [1.165, 1.54) is 31.2 Å². The van der Waals surface area contributed by atoms with E-state index in [9.17, 15) is 13.2 Å². The van der Waals surface area contributed by atoms with Gasteiger partial charge >= 0.3 is 0 Å². The minimum atomic E-state index is -3.53. The predicted molar refractivity (Wildman–Crippen MR) is 131 cm³/mol. The smallest absolute Gasteiger partial charge is 0.280 e. The van der Waals surface area contributed by atoms with Crippen LogP contribution in [0.4, 0.5) is 11.4 Å². The van der Waals surface area contributed by atoms with Crippen LogP contribution in [0.25, 0.3) is 6.08 Å². The van der Waals surface area contributed by atoms with Gasteiger partial charge in [-0.15, -0.1) is 0 Å². The molecule has 0 saturated carbocycles. The first-order valence-corrected chi connectivity index (χ1v) is 12.0. The van der Waals surface area contributed by atoms with E-state index in [4.69, 9.17) is 0 Å². The first kappa shape index (κ1) is 23.7. The Labute approximate surface area is 190 Å². The third kappa shape index (κ3) is 4.47. The van der Waals surface area contributed by atoms with Crippen molar-refractivity contribution in [3.05, 3.63) is 59.2 Å². The van der Waals surface area contributed by atoms with E-state index in [1.54, 1.807) is 19.1 Å². The van der Waals surface area contributed by atoms with Gasteiger partial charge in [0.1, 0.15) is 0 Å². The molecule has 1 amide bonds. The SMILES string of the molecule is CCN(CC)c1ccc(/C=C2\C(=O)N(c3ccc(S(=O)(=O)N(C)C)cc3)N=C2C)c(C)c1. The first-order chi connectivity index (χ1) is 15.1. The summed E-state index contributed by atoms with van der Waals surface area (Å²) in [6.07, 6.45) is 1.87. The third-order valence-electron chi connectivity index (χ3n) is 5.60. The number of hydrogen-bond acceptors (Lipinski definition) is 5. The van der Waals surface area contributed by atoms with Gasteiger partial charge in [0.25, 0.3) is 5.91 Å². The molecule has 170 valence electrons. The molecule has 7 nitrogen and oxygen atoms in total. The normalized spacial score (nSPS) is 15.6. The van der Waals surface area contributed by atoms with Gasteiger partial charge in [-0.25, -0.2) is 12.7 Å². The largest absolute Gasteiger partial charge is 0.372 e. The summed E-state index contributed by atoms with van der Waals surface area (Å²) in [6.45, 7) is 9.96. The number of benzene rings is 2. The van der Waals surface area contributed by atoms with Crippen molar-refractivity contribution >= 4 is 39.1 Å². The van der Waals surface area contributed by atoms with Gasteiger partial charge in [-0.2, -0.15) is 10.1 Å². The second kappa shape index (κ2) is 9.26. The van der Waals surface area contributed by atoms with Crippen LogP contribution >= 0.6 is 0 Å². The fourth-order valence-electron chi connectivity index (χ4n) is 3.59. The second-order valence-electron chi connectivity index (χ2n) is 7.85. The Kier molecular flexibility index (Phi) is 6.85.